The summed E-state index contributed by atoms with van der Waals surface area (Å²) in [6.45, 7) is 11.2. The highest BCUT2D eigenvalue weighted by Crippen LogP contribution is 2.18. The first kappa shape index (κ1) is 14.8. The highest BCUT2D eigenvalue weighted by atomic mass is 15.1. The second-order valence-electron chi connectivity index (χ2n) is 5.83. The summed E-state index contributed by atoms with van der Waals surface area (Å²) in [5, 5.41) is 0. The lowest BCUT2D eigenvalue weighted by Gasteiger charge is -2.26. The summed E-state index contributed by atoms with van der Waals surface area (Å²) in [6.07, 6.45) is 6.02. The lowest BCUT2D eigenvalue weighted by molar-refractivity contribution is 0.535. The zero-order valence-corrected chi connectivity index (χ0v) is 12.2. The smallest absolute Gasteiger partial charge is 0.0573 e. The predicted molar refractivity (Wildman–Crippen MR) is 79.8 cm³/mol. The van der Waals surface area contributed by atoms with Gasteiger partial charge in [-0.05, 0) is 30.7 Å². The van der Waals surface area contributed by atoms with Crippen molar-refractivity contribution in [1.82, 2.24) is 4.98 Å². The topological polar surface area (TPSA) is 42.2 Å². The summed E-state index contributed by atoms with van der Waals surface area (Å²) in [7, 11) is 0. The molecule has 0 spiro atoms. The molecular formula is C15H27N3. The summed E-state index contributed by atoms with van der Waals surface area (Å²) < 4.78 is 0. The number of nitrogens with zero attached hydrogens (tertiary/aromatic N) is 2. The largest absolute Gasteiger partial charge is 0.397 e. The van der Waals surface area contributed by atoms with Gasteiger partial charge in [-0.25, -0.2) is 0 Å². The molecule has 0 fully saturated rings. The molecule has 0 saturated carbocycles. The lowest BCUT2D eigenvalue weighted by Crippen LogP contribution is -2.27. The van der Waals surface area contributed by atoms with Crippen LogP contribution in [0.1, 0.15) is 40.5 Å². The first-order chi connectivity index (χ1) is 8.49. The molecule has 0 amide bonds. The normalized spacial score (nSPS) is 11.2. The number of pyridine rings is 1. The van der Waals surface area contributed by atoms with E-state index in [1.165, 1.54) is 12.8 Å². The van der Waals surface area contributed by atoms with Crippen molar-refractivity contribution in [3.63, 3.8) is 0 Å². The van der Waals surface area contributed by atoms with Crippen molar-refractivity contribution >= 4 is 11.4 Å². The third-order valence-electron chi connectivity index (χ3n) is 3.06. The molecule has 0 unspecified atom stereocenters. The van der Waals surface area contributed by atoms with Crippen LogP contribution in [0.2, 0.25) is 0 Å². The molecule has 3 nitrogen and oxygen atoms in total. The standard InChI is InChI=1S/C15H27N3/c1-12(2)5-7-18(8-6-13(3)4)15-9-14(16)10-17-11-15/h9-13H,5-8,16H2,1-4H3. The van der Waals surface area contributed by atoms with E-state index in [1.54, 1.807) is 6.20 Å². The van der Waals surface area contributed by atoms with Gasteiger partial charge in [-0.1, -0.05) is 27.7 Å². The third-order valence-corrected chi connectivity index (χ3v) is 3.06. The number of hydrogen-bond donors (Lipinski definition) is 1. The molecule has 1 rings (SSSR count). The molecule has 3 heteroatoms. The average molecular weight is 249 g/mol. The number of nitrogen functional groups attached to an aromatic ring is 1. The van der Waals surface area contributed by atoms with Crippen molar-refractivity contribution in [2.75, 3.05) is 23.7 Å². The van der Waals surface area contributed by atoms with E-state index >= 15 is 0 Å². The van der Waals surface area contributed by atoms with Gasteiger partial charge in [0.1, 0.15) is 0 Å². The Morgan fingerprint density at radius 3 is 2.06 bits per heavy atom. The fraction of sp³-hybridized carbons (Fsp3) is 0.667. The third kappa shape index (κ3) is 5.39. The number of nitrogens with two attached hydrogens (primary N) is 1. The molecule has 0 bridgehead atoms. The van der Waals surface area contributed by atoms with E-state index in [0.717, 1.165) is 36.3 Å². The number of anilines is 2. The molecule has 0 atom stereocenters. The van der Waals surface area contributed by atoms with E-state index < -0.39 is 0 Å². The fourth-order valence-electron chi connectivity index (χ4n) is 1.82. The van der Waals surface area contributed by atoms with Crippen molar-refractivity contribution in [2.45, 2.75) is 40.5 Å². The zero-order chi connectivity index (χ0) is 13.5. The summed E-state index contributed by atoms with van der Waals surface area (Å²) >= 11 is 0. The molecule has 2 N–H and O–H groups in total. The molecule has 0 aliphatic carbocycles. The average Bonchev–Trinajstić information content (AvgIpc) is 2.28. The Morgan fingerprint density at radius 1 is 1.06 bits per heavy atom. The van der Waals surface area contributed by atoms with Crippen LogP contribution in [-0.4, -0.2) is 18.1 Å². The lowest BCUT2D eigenvalue weighted by atomic mass is 10.1. The Balaban J connectivity index is 2.69. The van der Waals surface area contributed by atoms with Gasteiger partial charge in [0.15, 0.2) is 0 Å². The van der Waals surface area contributed by atoms with Gasteiger partial charge < -0.3 is 10.6 Å². The van der Waals surface area contributed by atoms with Crippen molar-refractivity contribution in [2.24, 2.45) is 11.8 Å². The van der Waals surface area contributed by atoms with Crippen LogP contribution in [0.15, 0.2) is 18.5 Å². The van der Waals surface area contributed by atoms with Gasteiger partial charge in [0.2, 0.25) is 0 Å². The molecule has 1 heterocycles. The number of aromatic nitrogens is 1. The van der Waals surface area contributed by atoms with E-state index in [9.17, 15) is 0 Å². The zero-order valence-electron chi connectivity index (χ0n) is 12.2. The first-order valence-electron chi connectivity index (χ1n) is 6.94. The maximum atomic E-state index is 5.82. The minimum Gasteiger partial charge on any atom is -0.397 e. The van der Waals surface area contributed by atoms with Gasteiger partial charge in [0.05, 0.1) is 17.6 Å². The molecule has 0 saturated heterocycles. The molecule has 0 aromatic carbocycles. The van der Waals surface area contributed by atoms with Crippen LogP contribution in [0.3, 0.4) is 0 Å². The molecule has 102 valence electrons. The molecule has 1 aromatic rings. The number of rotatable bonds is 7. The minimum atomic E-state index is 0.723. The van der Waals surface area contributed by atoms with E-state index in [4.69, 9.17) is 5.73 Å². The first-order valence-corrected chi connectivity index (χ1v) is 6.94. The van der Waals surface area contributed by atoms with Crippen LogP contribution < -0.4 is 10.6 Å². The molecule has 0 radical (unpaired) electrons. The van der Waals surface area contributed by atoms with E-state index in [2.05, 4.69) is 37.6 Å². The maximum Gasteiger partial charge on any atom is 0.0573 e. The summed E-state index contributed by atoms with van der Waals surface area (Å²) in [5.41, 5.74) is 7.71. The van der Waals surface area contributed by atoms with Crippen molar-refractivity contribution < 1.29 is 0 Å². The highest BCUT2D eigenvalue weighted by Gasteiger charge is 2.09. The minimum absolute atomic E-state index is 0.723. The van der Waals surface area contributed by atoms with Gasteiger partial charge in [-0.2, -0.15) is 0 Å². The van der Waals surface area contributed by atoms with Gasteiger partial charge >= 0.3 is 0 Å². The van der Waals surface area contributed by atoms with Crippen LogP contribution >= 0.6 is 0 Å². The Bertz CT molecular complexity index is 335. The molecule has 1 aromatic heterocycles. The monoisotopic (exact) mass is 249 g/mol. The molecular weight excluding hydrogens is 222 g/mol. The fourth-order valence-corrected chi connectivity index (χ4v) is 1.82. The van der Waals surface area contributed by atoms with Crippen LogP contribution in [-0.2, 0) is 0 Å². The quantitative estimate of drug-likeness (QED) is 0.803. The number of hydrogen-bond acceptors (Lipinski definition) is 3. The maximum absolute atomic E-state index is 5.82. The highest BCUT2D eigenvalue weighted by molar-refractivity contribution is 5.53. The SMILES string of the molecule is CC(C)CCN(CCC(C)C)c1cncc(N)c1. The Kier molecular flexibility index (Phi) is 5.96. The van der Waals surface area contributed by atoms with E-state index in [1.807, 2.05) is 12.3 Å². The molecule has 0 aliphatic rings. The van der Waals surface area contributed by atoms with Crippen molar-refractivity contribution in [3.8, 4) is 0 Å². The molecule has 18 heavy (non-hydrogen) atoms. The van der Waals surface area contributed by atoms with Gasteiger partial charge in [-0.3, -0.25) is 4.98 Å². The van der Waals surface area contributed by atoms with Crippen molar-refractivity contribution in [3.05, 3.63) is 18.5 Å². The Hall–Kier alpha value is -1.25. The molecule has 0 aliphatic heterocycles. The summed E-state index contributed by atoms with van der Waals surface area (Å²) in [6, 6.07) is 2.02. The van der Waals surface area contributed by atoms with E-state index in [0.29, 0.717) is 0 Å². The van der Waals surface area contributed by atoms with Crippen LogP contribution in [0.25, 0.3) is 0 Å². The predicted octanol–water partition coefficient (Wildman–Crippen LogP) is 3.56. The van der Waals surface area contributed by atoms with E-state index in [-0.39, 0.29) is 0 Å². The van der Waals surface area contributed by atoms with Crippen LogP contribution in [0.5, 0.6) is 0 Å². The summed E-state index contributed by atoms with van der Waals surface area (Å²) in [5.74, 6) is 1.45. The second-order valence-corrected chi connectivity index (χ2v) is 5.83. The van der Waals surface area contributed by atoms with Crippen LogP contribution in [0.4, 0.5) is 11.4 Å². The van der Waals surface area contributed by atoms with Crippen molar-refractivity contribution in [1.29, 1.82) is 0 Å². The Morgan fingerprint density at radius 2 is 1.61 bits per heavy atom. The Labute approximate surface area is 111 Å². The van der Waals surface area contributed by atoms with Gasteiger partial charge in [0, 0.05) is 19.3 Å². The second kappa shape index (κ2) is 7.24. The summed E-state index contributed by atoms with van der Waals surface area (Å²) in [4.78, 5) is 6.60. The van der Waals surface area contributed by atoms with Gasteiger partial charge in [-0.15, -0.1) is 0 Å². The van der Waals surface area contributed by atoms with Crippen LogP contribution in [0, 0.1) is 11.8 Å². The van der Waals surface area contributed by atoms with Gasteiger partial charge in [0.25, 0.3) is 0 Å².